The maximum atomic E-state index is 13.4. The van der Waals surface area contributed by atoms with E-state index < -0.39 is 23.8 Å². The first-order valence-corrected chi connectivity index (χ1v) is 8.01. The zero-order chi connectivity index (χ0) is 18.4. The van der Waals surface area contributed by atoms with Gasteiger partial charge in [0.15, 0.2) is 6.10 Å². The Morgan fingerprint density at radius 1 is 1.20 bits per heavy atom. The first-order valence-electron chi connectivity index (χ1n) is 7.26. The van der Waals surface area contributed by atoms with Crippen molar-refractivity contribution in [3.05, 3.63) is 70.0 Å². The fraction of sp³-hybridized carbons (Fsp3) is 0.111. The van der Waals surface area contributed by atoms with Crippen molar-refractivity contribution in [2.75, 3.05) is 5.32 Å². The number of rotatable bonds is 5. The van der Waals surface area contributed by atoms with E-state index >= 15 is 0 Å². The second kappa shape index (κ2) is 8.65. The number of benzene rings is 2. The highest BCUT2D eigenvalue weighted by Crippen LogP contribution is 2.25. The Balaban J connectivity index is 1.94. The van der Waals surface area contributed by atoms with E-state index in [0.717, 1.165) is 6.08 Å². The minimum atomic E-state index is -1.07. The molecule has 0 bridgehead atoms. The normalized spacial score (nSPS) is 12.0. The zero-order valence-corrected chi connectivity index (χ0v) is 14.6. The molecule has 0 saturated heterocycles. The summed E-state index contributed by atoms with van der Waals surface area (Å²) in [6.45, 7) is 1.41. The van der Waals surface area contributed by atoms with E-state index in [-0.39, 0.29) is 10.6 Å². The number of halogens is 3. The second-order valence-electron chi connectivity index (χ2n) is 5.05. The van der Waals surface area contributed by atoms with E-state index in [9.17, 15) is 14.0 Å². The highest BCUT2D eigenvalue weighted by atomic mass is 35.5. The van der Waals surface area contributed by atoms with Crippen molar-refractivity contribution < 1.29 is 18.7 Å². The van der Waals surface area contributed by atoms with Crippen LogP contribution in [0, 0.1) is 5.82 Å². The highest BCUT2D eigenvalue weighted by molar-refractivity contribution is 6.36. The van der Waals surface area contributed by atoms with Gasteiger partial charge in [0.2, 0.25) is 0 Å². The third kappa shape index (κ3) is 5.59. The monoisotopic (exact) mass is 381 g/mol. The highest BCUT2D eigenvalue weighted by Gasteiger charge is 2.17. The average Bonchev–Trinajstić information content (AvgIpc) is 2.56. The molecule has 0 radical (unpaired) electrons. The summed E-state index contributed by atoms with van der Waals surface area (Å²) >= 11 is 11.7. The van der Waals surface area contributed by atoms with Crippen LogP contribution in [0.4, 0.5) is 10.1 Å². The number of esters is 1. The summed E-state index contributed by atoms with van der Waals surface area (Å²) in [5.41, 5.74) is 0.588. The van der Waals surface area contributed by atoms with Crippen LogP contribution in [0.1, 0.15) is 12.5 Å². The number of carbonyl (C=O) groups is 2. The molecule has 1 N–H and O–H groups in total. The van der Waals surface area contributed by atoms with E-state index in [0.29, 0.717) is 10.7 Å². The van der Waals surface area contributed by atoms with Gasteiger partial charge in [-0.3, -0.25) is 4.79 Å². The van der Waals surface area contributed by atoms with Crippen LogP contribution in [-0.4, -0.2) is 18.0 Å². The molecule has 0 fully saturated rings. The Labute approximate surface area is 154 Å². The Kier molecular flexibility index (Phi) is 6.56. The van der Waals surface area contributed by atoms with Gasteiger partial charge in [-0.1, -0.05) is 41.4 Å². The fourth-order valence-corrected chi connectivity index (χ4v) is 2.32. The number of hydrogen-bond acceptors (Lipinski definition) is 3. The summed E-state index contributed by atoms with van der Waals surface area (Å²) in [7, 11) is 0. The Hall–Kier alpha value is -2.37. The quantitative estimate of drug-likeness (QED) is 0.602. The smallest absolute Gasteiger partial charge is 0.331 e. The molecule has 7 heteroatoms. The molecule has 0 unspecified atom stereocenters. The molecule has 0 saturated carbocycles. The van der Waals surface area contributed by atoms with E-state index in [2.05, 4.69) is 5.32 Å². The van der Waals surface area contributed by atoms with Crippen molar-refractivity contribution in [3.8, 4) is 0 Å². The van der Waals surface area contributed by atoms with Crippen molar-refractivity contribution in [1.29, 1.82) is 0 Å². The number of carbonyl (C=O) groups excluding carboxylic acids is 2. The largest absolute Gasteiger partial charge is 0.449 e. The van der Waals surface area contributed by atoms with Gasteiger partial charge in [-0.15, -0.1) is 0 Å². The van der Waals surface area contributed by atoms with Gasteiger partial charge in [-0.2, -0.15) is 0 Å². The van der Waals surface area contributed by atoms with Crippen molar-refractivity contribution in [2.45, 2.75) is 13.0 Å². The molecule has 0 aliphatic carbocycles. The lowest BCUT2D eigenvalue weighted by molar-refractivity contribution is -0.148. The minimum Gasteiger partial charge on any atom is -0.449 e. The summed E-state index contributed by atoms with van der Waals surface area (Å²) in [6.07, 6.45) is 1.26. The summed E-state index contributed by atoms with van der Waals surface area (Å²) < 4.78 is 18.4. The first-order chi connectivity index (χ1) is 11.9. The van der Waals surface area contributed by atoms with Crippen LogP contribution in [0.5, 0.6) is 0 Å². The third-order valence-electron chi connectivity index (χ3n) is 3.16. The van der Waals surface area contributed by atoms with Gasteiger partial charge in [-0.25, -0.2) is 9.18 Å². The molecule has 0 spiro atoms. The van der Waals surface area contributed by atoms with Gasteiger partial charge in [0, 0.05) is 16.7 Å². The molecule has 0 aliphatic heterocycles. The fourth-order valence-electron chi connectivity index (χ4n) is 1.86. The first kappa shape index (κ1) is 19.0. The molecular formula is C18H14Cl2FNO3. The van der Waals surface area contributed by atoms with Crippen LogP contribution in [0.3, 0.4) is 0 Å². The molecule has 0 aromatic heterocycles. The van der Waals surface area contributed by atoms with Crippen molar-refractivity contribution >= 4 is 46.8 Å². The van der Waals surface area contributed by atoms with Gasteiger partial charge < -0.3 is 10.1 Å². The van der Waals surface area contributed by atoms with Crippen molar-refractivity contribution in [1.82, 2.24) is 0 Å². The van der Waals surface area contributed by atoms with Crippen LogP contribution in [0.15, 0.2) is 48.5 Å². The predicted octanol–water partition coefficient (Wildman–Crippen LogP) is 4.72. The summed E-state index contributed by atoms with van der Waals surface area (Å²) in [5.74, 6) is -1.79. The number of ether oxygens (including phenoxy) is 1. The van der Waals surface area contributed by atoms with Gasteiger partial charge in [0.1, 0.15) is 5.82 Å². The number of amides is 1. The molecule has 25 heavy (non-hydrogen) atoms. The SMILES string of the molecule is C[C@@H](OC(=O)/C=C/c1ccccc1F)C(=O)Nc1ccc(Cl)cc1Cl. The Morgan fingerprint density at radius 2 is 1.92 bits per heavy atom. The van der Waals surface area contributed by atoms with Crippen molar-refractivity contribution in [3.63, 3.8) is 0 Å². The zero-order valence-electron chi connectivity index (χ0n) is 13.1. The topological polar surface area (TPSA) is 55.4 Å². The molecule has 2 rings (SSSR count). The maximum Gasteiger partial charge on any atom is 0.331 e. The number of nitrogens with one attached hydrogen (secondary N) is 1. The molecule has 0 aliphatic rings. The summed E-state index contributed by atoms with van der Waals surface area (Å²) in [4.78, 5) is 23.8. The standard InChI is InChI=1S/C18H14Cl2FNO3/c1-11(18(24)22-16-8-7-13(19)10-14(16)20)25-17(23)9-6-12-4-2-3-5-15(12)21/h2-11H,1H3,(H,22,24)/b9-6+/t11-/m1/s1. The number of hydrogen-bond donors (Lipinski definition) is 1. The van der Waals surface area contributed by atoms with Gasteiger partial charge in [0.05, 0.1) is 10.7 Å². The molecule has 4 nitrogen and oxygen atoms in total. The summed E-state index contributed by atoms with van der Waals surface area (Å²) in [6, 6.07) is 10.5. The van der Waals surface area contributed by atoms with Gasteiger partial charge in [-0.05, 0) is 37.3 Å². The molecule has 1 atom stereocenters. The average molecular weight is 382 g/mol. The van der Waals surface area contributed by atoms with Crippen LogP contribution in [0.2, 0.25) is 10.0 Å². The lowest BCUT2D eigenvalue weighted by Gasteiger charge is -2.13. The van der Waals surface area contributed by atoms with E-state index in [1.165, 1.54) is 37.3 Å². The summed E-state index contributed by atoms with van der Waals surface area (Å²) in [5, 5.41) is 3.23. The molecule has 2 aromatic carbocycles. The molecule has 2 aromatic rings. The number of anilines is 1. The Morgan fingerprint density at radius 3 is 2.60 bits per heavy atom. The second-order valence-corrected chi connectivity index (χ2v) is 5.89. The molecule has 1 amide bonds. The van der Waals surface area contributed by atoms with Crippen LogP contribution >= 0.6 is 23.2 Å². The third-order valence-corrected chi connectivity index (χ3v) is 3.70. The van der Waals surface area contributed by atoms with Crippen LogP contribution in [0.25, 0.3) is 6.08 Å². The molecule has 130 valence electrons. The maximum absolute atomic E-state index is 13.4. The van der Waals surface area contributed by atoms with Crippen molar-refractivity contribution in [2.24, 2.45) is 0 Å². The predicted molar refractivity (Wildman–Crippen MR) is 96.1 cm³/mol. The van der Waals surface area contributed by atoms with Gasteiger partial charge in [0.25, 0.3) is 5.91 Å². The molecule has 0 heterocycles. The van der Waals surface area contributed by atoms with Crippen LogP contribution in [-0.2, 0) is 14.3 Å². The lowest BCUT2D eigenvalue weighted by Crippen LogP contribution is -2.29. The van der Waals surface area contributed by atoms with E-state index in [4.69, 9.17) is 27.9 Å². The van der Waals surface area contributed by atoms with Crippen LogP contribution < -0.4 is 5.32 Å². The van der Waals surface area contributed by atoms with E-state index in [1.807, 2.05) is 0 Å². The molecular weight excluding hydrogens is 368 g/mol. The minimum absolute atomic E-state index is 0.240. The Bertz CT molecular complexity index is 824. The van der Waals surface area contributed by atoms with E-state index in [1.54, 1.807) is 18.2 Å². The lowest BCUT2D eigenvalue weighted by atomic mass is 10.2. The van der Waals surface area contributed by atoms with Gasteiger partial charge >= 0.3 is 5.97 Å².